The van der Waals surface area contributed by atoms with Crippen molar-refractivity contribution in [2.75, 3.05) is 13.2 Å². The van der Waals surface area contributed by atoms with Gasteiger partial charge in [-0.15, -0.1) is 5.10 Å². The number of ether oxygens (including phenoxy) is 1. The first kappa shape index (κ1) is 13.5. The molecule has 0 amide bonds. The van der Waals surface area contributed by atoms with Gasteiger partial charge in [-0.25, -0.2) is 0 Å². The third-order valence-electron chi connectivity index (χ3n) is 3.42. The molecule has 0 aliphatic carbocycles. The molecule has 2 unspecified atom stereocenters. The van der Waals surface area contributed by atoms with Crippen LogP contribution >= 0.6 is 0 Å². The Labute approximate surface area is 109 Å². The number of nitrogens with zero attached hydrogens (tertiary/aromatic N) is 3. The van der Waals surface area contributed by atoms with E-state index in [1.54, 1.807) is 4.68 Å². The summed E-state index contributed by atoms with van der Waals surface area (Å²) in [6, 6.07) is 0.440. The topological polar surface area (TPSA) is 52.0 Å². The van der Waals surface area contributed by atoms with E-state index in [0.29, 0.717) is 12.1 Å². The molecule has 1 aliphatic rings. The monoisotopic (exact) mass is 252 g/mol. The molecule has 0 aromatic carbocycles. The molecule has 1 aliphatic heterocycles. The maximum Gasteiger partial charge on any atom is 0.0842 e. The lowest BCUT2D eigenvalue weighted by atomic mass is 9.99. The highest BCUT2D eigenvalue weighted by molar-refractivity contribution is 4.96. The molecule has 5 heteroatoms. The minimum Gasteiger partial charge on any atom is -0.378 e. The van der Waals surface area contributed by atoms with Crippen LogP contribution in [0.1, 0.15) is 38.3 Å². The smallest absolute Gasteiger partial charge is 0.0842 e. The zero-order chi connectivity index (χ0) is 12.8. The quantitative estimate of drug-likeness (QED) is 0.829. The zero-order valence-corrected chi connectivity index (χ0v) is 11.4. The number of rotatable bonds is 6. The first-order valence-corrected chi connectivity index (χ1v) is 6.98. The first-order valence-electron chi connectivity index (χ1n) is 6.98. The fourth-order valence-electron chi connectivity index (χ4n) is 2.58. The highest BCUT2D eigenvalue weighted by Crippen LogP contribution is 2.18. The lowest BCUT2D eigenvalue weighted by molar-refractivity contribution is 0.00530. The van der Waals surface area contributed by atoms with Crippen molar-refractivity contribution >= 4 is 0 Å². The Morgan fingerprint density at radius 2 is 2.44 bits per heavy atom. The molecule has 0 bridgehead atoms. The summed E-state index contributed by atoms with van der Waals surface area (Å²) < 4.78 is 7.58. The Balaban J connectivity index is 1.86. The molecule has 102 valence electrons. The van der Waals surface area contributed by atoms with Crippen molar-refractivity contribution in [3.8, 4) is 0 Å². The summed E-state index contributed by atoms with van der Waals surface area (Å²) in [7, 11) is 1.91. The SMILES string of the molecule is CCNC(Cc1cn(C)nn1)CC1CCCCO1. The largest absolute Gasteiger partial charge is 0.378 e. The fraction of sp³-hybridized carbons (Fsp3) is 0.846. The van der Waals surface area contributed by atoms with E-state index in [1.807, 2.05) is 13.2 Å². The van der Waals surface area contributed by atoms with E-state index >= 15 is 0 Å². The lowest BCUT2D eigenvalue weighted by Gasteiger charge is -2.27. The van der Waals surface area contributed by atoms with Gasteiger partial charge in [-0.3, -0.25) is 4.68 Å². The summed E-state index contributed by atoms with van der Waals surface area (Å²) in [4.78, 5) is 0. The second kappa shape index (κ2) is 6.85. The van der Waals surface area contributed by atoms with Crippen molar-refractivity contribution in [3.63, 3.8) is 0 Å². The van der Waals surface area contributed by atoms with E-state index in [9.17, 15) is 0 Å². The molecule has 1 aromatic rings. The number of hydrogen-bond donors (Lipinski definition) is 1. The molecule has 1 aromatic heterocycles. The maximum absolute atomic E-state index is 5.82. The average Bonchev–Trinajstić information content (AvgIpc) is 2.76. The highest BCUT2D eigenvalue weighted by Gasteiger charge is 2.20. The summed E-state index contributed by atoms with van der Waals surface area (Å²) in [6.45, 7) is 4.05. The van der Waals surface area contributed by atoms with Gasteiger partial charge in [0.15, 0.2) is 0 Å². The number of aryl methyl sites for hydroxylation is 1. The van der Waals surface area contributed by atoms with Crippen LogP contribution in [0.2, 0.25) is 0 Å². The van der Waals surface area contributed by atoms with E-state index < -0.39 is 0 Å². The standard InChI is InChI=1S/C13H24N4O/c1-3-14-11(8-12-10-17(2)16-15-12)9-13-6-4-5-7-18-13/h10-11,13-14H,3-9H2,1-2H3. The van der Waals surface area contributed by atoms with Crippen LogP contribution in [0, 0.1) is 0 Å². The van der Waals surface area contributed by atoms with Crippen LogP contribution in [-0.2, 0) is 18.2 Å². The molecule has 1 N–H and O–H groups in total. The Hall–Kier alpha value is -0.940. The van der Waals surface area contributed by atoms with Crippen LogP contribution in [0.4, 0.5) is 0 Å². The summed E-state index contributed by atoms with van der Waals surface area (Å²) in [5.74, 6) is 0. The number of nitrogens with one attached hydrogen (secondary N) is 1. The van der Waals surface area contributed by atoms with E-state index in [4.69, 9.17) is 4.74 Å². The van der Waals surface area contributed by atoms with Gasteiger partial charge in [-0.1, -0.05) is 12.1 Å². The molecule has 0 saturated carbocycles. The van der Waals surface area contributed by atoms with E-state index in [1.165, 1.54) is 19.3 Å². The Morgan fingerprint density at radius 3 is 3.06 bits per heavy atom. The summed E-state index contributed by atoms with van der Waals surface area (Å²) in [5, 5.41) is 11.7. The summed E-state index contributed by atoms with van der Waals surface area (Å²) >= 11 is 0. The van der Waals surface area contributed by atoms with Crippen molar-refractivity contribution < 1.29 is 4.74 Å². The van der Waals surface area contributed by atoms with Crippen LogP contribution in [0.15, 0.2) is 6.20 Å². The van der Waals surface area contributed by atoms with Crippen LogP contribution in [0.25, 0.3) is 0 Å². The molecule has 5 nitrogen and oxygen atoms in total. The molecular weight excluding hydrogens is 228 g/mol. The normalized spacial score (nSPS) is 22.0. The van der Waals surface area contributed by atoms with Gasteiger partial charge in [0.1, 0.15) is 0 Å². The Kier molecular flexibility index (Phi) is 5.13. The molecule has 1 fully saturated rings. The van der Waals surface area contributed by atoms with Crippen molar-refractivity contribution in [3.05, 3.63) is 11.9 Å². The van der Waals surface area contributed by atoms with Gasteiger partial charge >= 0.3 is 0 Å². The summed E-state index contributed by atoms with van der Waals surface area (Å²) in [5.41, 5.74) is 1.05. The fourth-order valence-corrected chi connectivity index (χ4v) is 2.58. The van der Waals surface area contributed by atoms with E-state index in [-0.39, 0.29) is 0 Å². The van der Waals surface area contributed by atoms with Crippen LogP contribution in [-0.4, -0.2) is 40.3 Å². The number of hydrogen-bond acceptors (Lipinski definition) is 4. The molecule has 2 heterocycles. The van der Waals surface area contributed by atoms with Gasteiger partial charge in [-0.2, -0.15) is 0 Å². The van der Waals surface area contributed by atoms with Crippen LogP contribution in [0.5, 0.6) is 0 Å². The van der Waals surface area contributed by atoms with Crippen molar-refractivity contribution in [1.29, 1.82) is 0 Å². The second-order valence-electron chi connectivity index (χ2n) is 5.07. The molecule has 2 atom stereocenters. The Bertz CT molecular complexity index is 347. The molecule has 18 heavy (non-hydrogen) atoms. The Morgan fingerprint density at radius 1 is 1.56 bits per heavy atom. The first-order chi connectivity index (χ1) is 8.78. The molecular formula is C13H24N4O. The molecule has 1 saturated heterocycles. The number of aromatic nitrogens is 3. The van der Waals surface area contributed by atoms with Gasteiger partial charge in [0.25, 0.3) is 0 Å². The minimum atomic E-state index is 0.416. The summed E-state index contributed by atoms with van der Waals surface area (Å²) in [6.07, 6.45) is 8.13. The van der Waals surface area contributed by atoms with Crippen molar-refractivity contribution in [1.82, 2.24) is 20.3 Å². The predicted molar refractivity (Wildman–Crippen MR) is 70.4 cm³/mol. The minimum absolute atomic E-state index is 0.416. The van der Waals surface area contributed by atoms with E-state index in [0.717, 1.165) is 31.7 Å². The van der Waals surface area contributed by atoms with Crippen LogP contribution in [0.3, 0.4) is 0 Å². The van der Waals surface area contributed by atoms with Crippen molar-refractivity contribution in [2.24, 2.45) is 7.05 Å². The number of likely N-dealkylation sites (N-methyl/N-ethyl adjacent to an activating group) is 1. The van der Waals surface area contributed by atoms with Gasteiger partial charge < -0.3 is 10.1 Å². The van der Waals surface area contributed by atoms with Crippen molar-refractivity contribution in [2.45, 2.75) is 51.2 Å². The molecule has 0 radical (unpaired) electrons. The third kappa shape index (κ3) is 4.07. The lowest BCUT2D eigenvalue weighted by Crippen LogP contribution is -2.36. The van der Waals surface area contributed by atoms with Crippen LogP contribution < -0.4 is 5.32 Å². The molecule has 2 rings (SSSR count). The van der Waals surface area contributed by atoms with Gasteiger partial charge in [-0.05, 0) is 32.2 Å². The molecule has 0 spiro atoms. The second-order valence-corrected chi connectivity index (χ2v) is 5.07. The maximum atomic E-state index is 5.82. The van der Waals surface area contributed by atoms with Gasteiger partial charge in [0.2, 0.25) is 0 Å². The van der Waals surface area contributed by atoms with Gasteiger partial charge in [0.05, 0.1) is 11.8 Å². The van der Waals surface area contributed by atoms with E-state index in [2.05, 4.69) is 22.6 Å². The average molecular weight is 252 g/mol. The highest BCUT2D eigenvalue weighted by atomic mass is 16.5. The zero-order valence-electron chi connectivity index (χ0n) is 11.4. The predicted octanol–water partition coefficient (Wildman–Crippen LogP) is 1.29. The third-order valence-corrected chi connectivity index (χ3v) is 3.42. The van der Waals surface area contributed by atoms with Gasteiger partial charge in [0, 0.05) is 32.3 Å².